The molecule has 76 valence electrons. The van der Waals surface area contributed by atoms with Crippen molar-refractivity contribution in [2.24, 2.45) is 11.7 Å². The predicted molar refractivity (Wildman–Crippen MR) is 58.4 cm³/mol. The molecule has 2 rings (SSSR count). The van der Waals surface area contributed by atoms with Crippen molar-refractivity contribution in [3.05, 3.63) is 22.4 Å². The van der Waals surface area contributed by atoms with Gasteiger partial charge in [0.05, 0.1) is 13.3 Å². The topological polar surface area (TPSA) is 48.1 Å². The van der Waals surface area contributed by atoms with Crippen LogP contribution in [0.4, 0.5) is 0 Å². The number of halogens is 1. The zero-order valence-electron chi connectivity index (χ0n) is 8.03. The molecule has 0 amide bonds. The Morgan fingerprint density at radius 2 is 2.43 bits per heavy atom. The minimum atomic E-state index is 0.548. The van der Waals surface area contributed by atoms with E-state index in [1.165, 1.54) is 5.56 Å². The minimum Gasteiger partial charge on any atom is -0.495 e. The van der Waals surface area contributed by atoms with Crippen LogP contribution in [-0.4, -0.2) is 18.6 Å². The highest BCUT2D eigenvalue weighted by Crippen LogP contribution is 2.51. The van der Waals surface area contributed by atoms with Crippen molar-refractivity contribution in [2.45, 2.75) is 12.3 Å². The molecule has 0 spiro atoms. The summed E-state index contributed by atoms with van der Waals surface area (Å²) in [5, 5.41) is 0. The standard InChI is InChI=1S/C10H13BrN2O/c1-14-9-5-13-4-8(11)10(9)7-2-6(7)3-12/h4-7H,2-3,12H2,1H3/t6-,7+/m0/s1. The normalized spacial score (nSPS) is 24.8. The van der Waals surface area contributed by atoms with Crippen molar-refractivity contribution in [1.29, 1.82) is 0 Å². The van der Waals surface area contributed by atoms with Crippen molar-refractivity contribution < 1.29 is 4.74 Å². The quantitative estimate of drug-likeness (QED) is 0.899. The van der Waals surface area contributed by atoms with Crippen LogP contribution in [0.25, 0.3) is 0 Å². The third-order valence-corrected chi connectivity index (χ3v) is 3.35. The highest BCUT2D eigenvalue weighted by Gasteiger charge is 2.40. The largest absolute Gasteiger partial charge is 0.495 e. The first-order chi connectivity index (χ1) is 6.77. The molecular formula is C10H13BrN2O. The zero-order valence-corrected chi connectivity index (χ0v) is 9.62. The van der Waals surface area contributed by atoms with Crippen molar-refractivity contribution in [2.75, 3.05) is 13.7 Å². The number of nitrogens with two attached hydrogens (primary N) is 1. The molecule has 1 aromatic rings. The van der Waals surface area contributed by atoms with Crippen LogP contribution in [0.15, 0.2) is 16.9 Å². The predicted octanol–water partition coefficient (Wildman–Crippen LogP) is 1.91. The third kappa shape index (κ3) is 1.64. The molecule has 1 fully saturated rings. The maximum atomic E-state index is 5.63. The van der Waals surface area contributed by atoms with Gasteiger partial charge in [0.1, 0.15) is 5.75 Å². The number of pyridine rings is 1. The lowest BCUT2D eigenvalue weighted by Gasteiger charge is -2.08. The van der Waals surface area contributed by atoms with Gasteiger partial charge in [-0.25, -0.2) is 0 Å². The first-order valence-corrected chi connectivity index (χ1v) is 5.44. The molecule has 2 atom stereocenters. The first kappa shape index (κ1) is 9.93. The van der Waals surface area contributed by atoms with Crippen LogP contribution in [-0.2, 0) is 0 Å². The second-order valence-corrected chi connectivity index (χ2v) is 4.43. The lowest BCUT2D eigenvalue weighted by Crippen LogP contribution is -2.03. The van der Waals surface area contributed by atoms with Gasteiger partial charge in [0, 0.05) is 16.2 Å². The SMILES string of the molecule is COc1cncc(Br)c1[C@@H]1C[C@H]1CN. The summed E-state index contributed by atoms with van der Waals surface area (Å²) in [7, 11) is 1.67. The molecule has 1 saturated carbocycles. The summed E-state index contributed by atoms with van der Waals surface area (Å²) in [6, 6.07) is 0. The maximum absolute atomic E-state index is 5.63. The summed E-state index contributed by atoms with van der Waals surface area (Å²) >= 11 is 3.50. The van der Waals surface area contributed by atoms with Gasteiger partial charge in [-0.2, -0.15) is 0 Å². The molecule has 14 heavy (non-hydrogen) atoms. The summed E-state index contributed by atoms with van der Waals surface area (Å²) in [6.45, 7) is 0.753. The average molecular weight is 257 g/mol. The molecular weight excluding hydrogens is 244 g/mol. The molecule has 0 aliphatic heterocycles. The fourth-order valence-corrected chi connectivity index (χ4v) is 2.42. The number of methoxy groups -OCH3 is 1. The van der Waals surface area contributed by atoms with Crippen LogP contribution < -0.4 is 10.5 Å². The molecule has 1 aliphatic rings. The fourth-order valence-electron chi connectivity index (χ4n) is 1.81. The van der Waals surface area contributed by atoms with Crippen LogP contribution in [0.3, 0.4) is 0 Å². The average Bonchev–Trinajstić information content (AvgIpc) is 2.96. The van der Waals surface area contributed by atoms with Gasteiger partial charge in [-0.1, -0.05) is 0 Å². The van der Waals surface area contributed by atoms with Gasteiger partial charge in [0.2, 0.25) is 0 Å². The number of nitrogens with zero attached hydrogens (tertiary/aromatic N) is 1. The number of hydrogen-bond acceptors (Lipinski definition) is 3. The van der Waals surface area contributed by atoms with Gasteiger partial charge in [-0.3, -0.25) is 4.98 Å². The Morgan fingerprint density at radius 1 is 1.64 bits per heavy atom. The number of ether oxygens (including phenoxy) is 1. The molecule has 1 aliphatic carbocycles. The summed E-state index contributed by atoms with van der Waals surface area (Å²) in [6.07, 6.45) is 4.73. The van der Waals surface area contributed by atoms with Gasteiger partial charge in [-0.15, -0.1) is 0 Å². The van der Waals surface area contributed by atoms with E-state index in [4.69, 9.17) is 10.5 Å². The Kier molecular flexibility index (Phi) is 2.74. The van der Waals surface area contributed by atoms with Gasteiger partial charge >= 0.3 is 0 Å². The Morgan fingerprint density at radius 3 is 3.00 bits per heavy atom. The molecule has 2 N–H and O–H groups in total. The van der Waals surface area contributed by atoms with Crippen LogP contribution in [0.1, 0.15) is 17.9 Å². The van der Waals surface area contributed by atoms with Crippen LogP contribution >= 0.6 is 15.9 Å². The van der Waals surface area contributed by atoms with Crippen LogP contribution in [0, 0.1) is 5.92 Å². The first-order valence-electron chi connectivity index (χ1n) is 4.65. The van der Waals surface area contributed by atoms with Crippen LogP contribution in [0.5, 0.6) is 5.75 Å². The summed E-state index contributed by atoms with van der Waals surface area (Å²) < 4.78 is 6.31. The highest BCUT2D eigenvalue weighted by atomic mass is 79.9. The van der Waals surface area contributed by atoms with E-state index in [0.29, 0.717) is 11.8 Å². The molecule has 0 bridgehead atoms. The lowest BCUT2D eigenvalue weighted by molar-refractivity contribution is 0.406. The van der Waals surface area contributed by atoms with E-state index < -0.39 is 0 Å². The Labute approximate surface area is 91.8 Å². The number of rotatable bonds is 3. The molecule has 1 heterocycles. The Bertz CT molecular complexity index is 343. The summed E-state index contributed by atoms with van der Waals surface area (Å²) in [4.78, 5) is 4.07. The third-order valence-electron chi connectivity index (χ3n) is 2.72. The van der Waals surface area contributed by atoms with Gasteiger partial charge in [0.25, 0.3) is 0 Å². The van der Waals surface area contributed by atoms with Gasteiger partial charge in [-0.05, 0) is 40.7 Å². The Hall–Kier alpha value is -0.610. The summed E-state index contributed by atoms with van der Waals surface area (Å²) in [5.74, 6) is 2.02. The van der Waals surface area contributed by atoms with Crippen molar-refractivity contribution in [1.82, 2.24) is 4.98 Å². The second-order valence-electron chi connectivity index (χ2n) is 3.58. The van der Waals surface area contributed by atoms with Gasteiger partial charge < -0.3 is 10.5 Å². The Balaban J connectivity index is 2.32. The monoisotopic (exact) mass is 256 g/mol. The van der Waals surface area contributed by atoms with Crippen molar-refractivity contribution in [3.63, 3.8) is 0 Å². The van der Waals surface area contributed by atoms with Crippen molar-refractivity contribution in [3.8, 4) is 5.75 Å². The van der Waals surface area contributed by atoms with E-state index in [2.05, 4.69) is 20.9 Å². The lowest BCUT2D eigenvalue weighted by atomic mass is 10.1. The zero-order chi connectivity index (χ0) is 10.1. The molecule has 3 nitrogen and oxygen atoms in total. The minimum absolute atomic E-state index is 0.548. The fraction of sp³-hybridized carbons (Fsp3) is 0.500. The second kappa shape index (κ2) is 3.87. The maximum Gasteiger partial charge on any atom is 0.141 e. The molecule has 1 aromatic heterocycles. The van der Waals surface area contributed by atoms with E-state index in [9.17, 15) is 0 Å². The van der Waals surface area contributed by atoms with E-state index in [0.717, 1.165) is 23.2 Å². The van der Waals surface area contributed by atoms with Crippen LogP contribution in [0.2, 0.25) is 0 Å². The molecule has 4 heteroatoms. The molecule has 0 radical (unpaired) electrons. The van der Waals surface area contributed by atoms with E-state index in [1.807, 2.05) is 6.20 Å². The number of hydrogen-bond donors (Lipinski definition) is 1. The molecule has 0 unspecified atom stereocenters. The van der Waals surface area contributed by atoms with E-state index >= 15 is 0 Å². The summed E-state index contributed by atoms with van der Waals surface area (Å²) in [5.41, 5.74) is 6.85. The molecule has 0 saturated heterocycles. The smallest absolute Gasteiger partial charge is 0.141 e. The van der Waals surface area contributed by atoms with E-state index in [1.54, 1.807) is 13.3 Å². The molecule has 0 aromatic carbocycles. The number of aromatic nitrogens is 1. The van der Waals surface area contributed by atoms with Gasteiger partial charge in [0.15, 0.2) is 0 Å². The van der Waals surface area contributed by atoms with E-state index in [-0.39, 0.29) is 0 Å². The highest BCUT2D eigenvalue weighted by molar-refractivity contribution is 9.10. The van der Waals surface area contributed by atoms with Crippen molar-refractivity contribution >= 4 is 15.9 Å².